The molecule has 0 aromatic heterocycles. The molecule has 0 heterocycles. The SMILES string of the molecule is CCC[C@@H](CC(=O)O)c1cccc(OCc2ccc(-c3cc(OC)ccc3F)c([C@H](OCC)C(C)(C)C)c2)c1. The van der Waals surface area contributed by atoms with Crippen molar-refractivity contribution in [2.75, 3.05) is 13.7 Å². The van der Waals surface area contributed by atoms with E-state index in [2.05, 4.69) is 27.7 Å². The van der Waals surface area contributed by atoms with Crippen molar-refractivity contribution in [1.29, 1.82) is 0 Å². The fourth-order valence-corrected chi connectivity index (χ4v) is 4.95. The molecule has 0 saturated carbocycles. The molecule has 1 N–H and O–H groups in total. The third-order valence-electron chi connectivity index (χ3n) is 6.78. The van der Waals surface area contributed by atoms with Crippen molar-refractivity contribution in [3.05, 3.63) is 83.2 Å². The second-order valence-electron chi connectivity index (χ2n) is 10.9. The second kappa shape index (κ2) is 13.6. The van der Waals surface area contributed by atoms with Crippen LogP contribution < -0.4 is 9.47 Å². The number of aliphatic carboxylic acids is 1. The zero-order valence-electron chi connectivity index (χ0n) is 23.9. The van der Waals surface area contributed by atoms with Gasteiger partial charge in [-0.05, 0) is 83.3 Å². The van der Waals surface area contributed by atoms with Crippen molar-refractivity contribution in [3.8, 4) is 22.6 Å². The molecule has 0 unspecified atom stereocenters. The van der Waals surface area contributed by atoms with Gasteiger partial charge < -0.3 is 19.3 Å². The Kier molecular flexibility index (Phi) is 10.5. The predicted octanol–water partition coefficient (Wildman–Crippen LogP) is 8.56. The Hall–Kier alpha value is -3.38. The number of halogens is 1. The van der Waals surface area contributed by atoms with Gasteiger partial charge in [0.1, 0.15) is 23.9 Å². The summed E-state index contributed by atoms with van der Waals surface area (Å²) in [4.78, 5) is 11.4. The first-order valence-electron chi connectivity index (χ1n) is 13.6. The molecular weight excluding hydrogens is 495 g/mol. The average molecular weight is 537 g/mol. The van der Waals surface area contributed by atoms with Crippen molar-refractivity contribution in [1.82, 2.24) is 0 Å². The average Bonchev–Trinajstić information content (AvgIpc) is 2.90. The summed E-state index contributed by atoms with van der Waals surface area (Å²) in [5.74, 6) is 0.0734. The molecule has 0 spiro atoms. The minimum atomic E-state index is -0.803. The smallest absolute Gasteiger partial charge is 0.303 e. The van der Waals surface area contributed by atoms with E-state index in [4.69, 9.17) is 14.2 Å². The van der Waals surface area contributed by atoms with Gasteiger partial charge in [0.2, 0.25) is 0 Å². The van der Waals surface area contributed by atoms with Gasteiger partial charge in [0, 0.05) is 12.2 Å². The monoisotopic (exact) mass is 536 g/mol. The molecule has 6 heteroatoms. The summed E-state index contributed by atoms with van der Waals surface area (Å²) in [6, 6.07) is 18.3. The van der Waals surface area contributed by atoms with Gasteiger partial charge in [-0.3, -0.25) is 4.79 Å². The molecule has 0 saturated heterocycles. The van der Waals surface area contributed by atoms with E-state index < -0.39 is 5.97 Å². The molecule has 0 radical (unpaired) electrons. The minimum Gasteiger partial charge on any atom is -0.497 e. The van der Waals surface area contributed by atoms with Crippen LogP contribution in [0.1, 0.15) is 82.6 Å². The van der Waals surface area contributed by atoms with Gasteiger partial charge in [-0.2, -0.15) is 0 Å². The quantitative estimate of drug-likeness (QED) is 0.237. The van der Waals surface area contributed by atoms with Gasteiger partial charge in [0.15, 0.2) is 0 Å². The maximum absolute atomic E-state index is 15.1. The van der Waals surface area contributed by atoms with Gasteiger partial charge in [-0.1, -0.05) is 58.4 Å². The van der Waals surface area contributed by atoms with Gasteiger partial charge in [0.25, 0.3) is 0 Å². The Morgan fingerprint density at radius 2 is 1.74 bits per heavy atom. The van der Waals surface area contributed by atoms with Gasteiger partial charge in [-0.15, -0.1) is 0 Å². The second-order valence-corrected chi connectivity index (χ2v) is 10.9. The van der Waals surface area contributed by atoms with Crippen LogP contribution in [0.3, 0.4) is 0 Å². The van der Waals surface area contributed by atoms with Crippen LogP contribution in [0.15, 0.2) is 60.7 Å². The highest BCUT2D eigenvalue weighted by Gasteiger charge is 2.30. The summed E-state index contributed by atoms with van der Waals surface area (Å²) in [6.07, 6.45) is 1.51. The maximum Gasteiger partial charge on any atom is 0.303 e. The van der Waals surface area contributed by atoms with Crippen molar-refractivity contribution in [3.63, 3.8) is 0 Å². The number of carboxylic acid groups (broad SMARTS) is 1. The number of carboxylic acids is 1. The third-order valence-corrected chi connectivity index (χ3v) is 6.78. The molecule has 3 aromatic rings. The summed E-state index contributed by atoms with van der Waals surface area (Å²) in [5, 5.41) is 9.34. The zero-order valence-corrected chi connectivity index (χ0v) is 23.9. The largest absolute Gasteiger partial charge is 0.497 e. The lowest BCUT2D eigenvalue weighted by atomic mass is 9.81. The highest BCUT2D eigenvalue weighted by Crippen LogP contribution is 2.42. The van der Waals surface area contributed by atoms with Crippen molar-refractivity contribution in [2.24, 2.45) is 5.41 Å². The Morgan fingerprint density at radius 3 is 2.38 bits per heavy atom. The van der Waals surface area contributed by atoms with E-state index in [1.165, 1.54) is 6.07 Å². The van der Waals surface area contributed by atoms with Gasteiger partial charge >= 0.3 is 5.97 Å². The molecule has 0 aliphatic rings. The molecule has 0 aliphatic carbocycles. The van der Waals surface area contributed by atoms with Crippen LogP contribution in [0.2, 0.25) is 0 Å². The molecule has 2 atom stereocenters. The number of rotatable bonds is 13. The van der Waals surface area contributed by atoms with E-state index in [-0.39, 0.29) is 29.7 Å². The molecule has 5 nitrogen and oxygen atoms in total. The number of methoxy groups -OCH3 is 1. The standard InChI is InChI=1S/C33H41FO5/c1-7-10-23(19-31(35)36)24-11-9-12-26(18-24)39-21-22-13-15-27(28-20-25(37-6)14-16-30(28)34)29(17-22)32(38-8-2)33(3,4)5/h9,11-18,20,23,32H,7-8,10,19,21H2,1-6H3,(H,35,36)/t23-,32-/m0/s1. The Labute approximate surface area is 231 Å². The molecule has 39 heavy (non-hydrogen) atoms. The first kappa shape index (κ1) is 30.2. The van der Waals surface area contributed by atoms with Crippen LogP contribution in [0.4, 0.5) is 4.39 Å². The highest BCUT2D eigenvalue weighted by molar-refractivity contribution is 5.71. The lowest BCUT2D eigenvalue weighted by Crippen LogP contribution is -2.22. The molecule has 210 valence electrons. The highest BCUT2D eigenvalue weighted by atomic mass is 19.1. The fourth-order valence-electron chi connectivity index (χ4n) is 4.95. The summed E-state index contributed by atoms with van der Waals surface area (Å²) < 4.78 is 32.8. The number of benzene rings is 3. The van der Waals surface area contributed by atoms with Crippen LogP contribution in [-0.4, -0.2) is 24.8 Å². The number of hydrogen-bond donors (Lipinski definition) is 1. The van der Waals surface area contributed by atoms with Crippen molar-refractivity contribution in [2.45, 2.75) is 72.5 Å². The molecular formula is C33H41FO5. The lowest BCUT2D eigenvalue weighted by Gasteiger charge is -2.33. The summed E-state index contributed by atoms with van der Waals surface area (Å²) >= 11 is 0. The van der Waals surface area contributed by atoms with Gasteiger partial charge in [-0.25, -0.2) is 4.39 Å². The Bertz CT molecular complexity index is 1250. The first-order valence-corrected chi connectivity index (χ1v) is 13.6. The number of hydrogen-bond acceptors (Lipinski definition) is 4. The van der Waals surface area contributed by atoms with E-state index in [1.54, 1.807) is 19.2 Å². The normalized spacial score (nSPS) is 13.1. The van der Waals surface area contributed by atoms with E-state index >= 15 is 4.39 Å². The third kappa shape index (κ3) is 8.06. The van der Waals surface area contributed by atoms with Crippen LogP contribution in [-0.2, 0) is 16.1 Å². The Morgan fingerprint density at radius 1 is 0.974 bits per heavy atom. The Balaban J connectivity index is 1.97. The van der Waals surface area contributed by atoms with Crippen molar-refractivity contribution >= 4 is 5.97 Å². The lowest BCUT2D eigenvalue weighted by molar-refractivity contribution is -0.137. The first-order chi connectivity index (χ1) is 18.6. The maximum atomic E-state index is 15.1. The zero-order chi connectivity index (χ0) is 28.6. The number of ether oxygens (including phenoxy) is 3. The van der Waals surface area contributed by atoms with Gasteiger partial charge in [0.05, 0.1) is 19.6 Å². The fraction of sp³-hybridized carbons (Fsp3) is 0.424. The van der Waals surface area contributed by atoms with E-state index in [0.717, 1.165) is 35.1 Å². The summed E-state index contributed by atoms with van der Waals surface area (Å²) in [5.41, 5.74) is 3.74. The molecule has 0 amide bonds. The molecule has 0 bridgehead atoms. The van der Waals surface area contributed by atoms with Crippen LogP contribution in [0, 0.1) is 11.2 Å². The predicted molar refractivity (Wildman–Crippen MR) is 153 cm³/mol. The van der Waals surface area contributed by atoms with E-state index in [0.29, 0.717) is 30.3 Å². The van der Waals surface area contributed by atoms with Crippen LogP contribution >= 0.6 is 0 Å². The summed E-state index contributed by atoms with van der Waals surface area (Å²) in [7, 11) is 1.57. The van der Waals surface area contributed by atoms with Crippen LogP contribution in [0.25, 0.3) is 11.1 Å². The molecule has 3 rings (SSSR count). The van der Waals surface area contributed by atoms with E-state index in [1.807, 2.05) is 49.4 Å². The minimum absolute atomic E-state index is 0.0570. The van der Waals surface area contributed by atoms with E-state index in [9.17, 15) is 9.90 Å². The van der Waals surface area contributed by atoms with Crippen LogP contribution in [0.5, 0.6) is 11.5 Å². The topological polar surface area (TPSA) is 65.0 Å². The molecule has 0 aliphatic heterocycles. The number of carbonyl (C=O) groups is 1. The summed E-state index contributed by atoms with van der Waals surface area (Å²) in [6.45, 7) is 11.2. The molecule has 0 fully saturated rings. The molecule has 3 aromatic carbocycles. The van der Waals surface area contributed by atoms with Crippen molar-refractivity contribution < 1.29 is 28.5 Å².